The first kappa shape index (κ1) is 23.4. The van der Waals surface area contributed by atoms with Crippen LogP contribution in [0.1, 0.15) is 52.4 Å². The van der Waals surface area contributed by atoms with Crippen molar-refractivity contribution in [3.05, 3.63) is 11.8 Å². The summed E-state index contributed by atoms with van der Waals surface area (Å²) in [6.07, 6.45) is 6.26. The molecule has 172 valence electrons. The molecule has 0 N–H and O–H groups in total. The minimum absolute atomic E-state index is 0.0208. The molecule has 1 saturated heterocycles. The lowest BCUT2D eigenvalue weighted by Gasteiger charge is -2.50. The molecule has 0 bridgehead atoms. The summed E-state index contributed by atoms with van der Waals surface area (Å²) in [5.41, 5.74) is -5.47. The number of amides is 1. The zero-order valence-corrected chi connectivity index (χ0v) is 18.5. The van der Waals surface area contributed by atoms with Gasteiger partial charge in [-0.3, -0.25) is 4.79 Å². The maximum Gasteiger partial charge on any atom is 0.534 e. The molecule has 6 nitrogen and oxygen atoms in total. The van der Waals surface area contributed by atoms with E-state index in [0.717, 1.165) is 32.2 Å². The fourth-order valence-corrected chi connectivity index (χ4v) is 6.13. The molecule has 1 saturated carbocycles. The topological polar surface area (TPSA) is 66.9 Å². The van der Waals surface area contributed by atoms with Gasteiger partial charge < -0.3 is 14.0 Å². The van der Waals surface area contributed by atoms with Crippen molar-refractivity contribution in [3.63, 3.8) is 0 Å². The third kappa shape index (κ3) is 4.95. The lowest BCUT2D eigenvalue weighted by atomic mass is 9.66. The summed E-state index contributed by atoms with van der Waals surface area (Å²) in [6, 6.07) is 0.118. The highest BCUT2D eigenvalue weighted by atomic mass is 32.2. The summed E-state index contributed by atoms with van der Waals surface area (Å²) in [5, 5.41) is 0. The van der Waals surface area contributed by atoms with Gasteiger partial charge in [-0.15, -0.1) is 0 Å². The summed E-state index contributed by atoms with van der Waals surface area (Å²) in [7, 11) is -3.56. The molecule has 30 heavy (non-hydrogen) atoms. The lowest BCUT2D eigenvalue weighted by molar-refractivity contribution is -0.131. The number of halogens is 3. The second-order valence-corrected chi connectivity index (χ2v) is 10.6. The summed E-state index contributed by atoms with van der Waals surface area (Å²) >= 11 is 0. The van der Waals surface area contributed by atoms with E-state index in [1.807, 2.05) is 0 Å². The van der Waals surface area contributed by atoms with Crippen LogP contribution in [0.3, 0.4) is 0 Å². The highest BCUT2D eigenvalue weighted by molar-refractivity contribution is 7.87. The van der Waals surface area contributed by atoms with Crippen LogP contribution in [-0.4, -0.2) is 61.9 Å². The third-order valence-corrected chi connectivity index (χ3v) is 7.94. The van der Waals surface area contributed by atoms with Crippen LogP contribution in [0, 0.1) is 17.8 Å². The van der Waals surface area contributed by atoms with E-state index in [0.29, 0.717) is 30.2 Å². The molecule has 0 spiro atoms. The second-order valence-electron chi connectivity index (χ2n) is 9.11. The van der Waals surface area contributed by atoms with Gasteiger partial charge in [0.2, 0.25) is 5.91 Å². The van der Waals surface area contributed by atoms with E-state index in [1.165, 1.54) is 13.0 Å². The maximum absolute atomic E-state index is 12.7. The van der Waals surface area contributed by atoms with Gasteiger partial charge in [-0.25, -0.2) is 0 Å². The molecule has 1 aliphatic carbocycles. The molecule has 2 aliphatic heterocycles. The number of likely N-dealkylation sites (tertiary alicyclic amines) is 1. The summed E-state index contributed by atoms with van der Waals surface area (Å²) < 4.78 is 65.4. The van der Waals surface area contributed by atoms with E-state index in [-0.39, 0.29) is 30.7 Å². The van der Waals surface area contributed by atoms with Gasteiger partial charge in [0.05, 0.1) is 0 Å². The Morgan fingerprint density at radius 2 is 2.00 bits per heavy atom. The van der Waals surface area contributed by atoms with E-state index in [9.17, 15) is 26.4 Å². The smallest absolute Gasteiger partial charge is 0.381 e. The largest absolute Gasteiger partial charge is 0.534 e. The van der Waals surface area contributed by atoms with Crippen LogP contribution in [0.2, 0.25) is 0 Å². The fourth-order valence-electron chi connectivity index (χ4n) is 5.61. The molecule has 2 heterocycles. The normalized spacial score (nSPS) is 33.6. The molecule has 0 aromatic carbocycles. The Labute approximate surface area is 176 Å². The number of piperidine rings is 1. The Bertz CT molecular complexity index is 783. The van der Waals surface area contributed by atoms with Crippen LogP contribution in [0.4, 0.5) is 13.2 Å². The zero-order chi connectivity index (χ0) is 22.3. The number of hydrogen-bond acceptors (Lipinski definition) is 5. The van der Waals surface area contributed by atoms with E-state index >= 15 is 0 Å². The average molecular weight is 453 g/mol. The number of carbonyl (C=O) groups is 1. The van der Waals surface area contributed by atoms with Gasteiger partial charge in [-0.1, -0.05) is 6.92 Å². The van der Waals surface area contributed by atoms with Crippen LogP contribution in [0.25, 0.3) is 0 Å². The number of nitrogens with zero attached hydrogens (tertiary/aromatic N) is 2. The first-order valence-corrected chi connectivity index (χ1v) is 12.0. The van der Waals surface area contributed by atoms with E-state index < -0.39 is 15.6 Å². The summed E-state index contributed by atoms with van der Waals surface area (Å²) in [5.74, 6) is 0.962. The van der Waals surface area contributed by atoms with Gasteiger partial charge in [-0.2, -0.15) is 21.6 Å². The van der Waals surface area contributed by atoms with Crippen molar-refractivity contribution in [1.82, 2.24) is 9.80 Å². The predicted octanol–water partition coefficient (Wildman–Crippen LogP) is 3.50. The summed E-state index contributed by atoms with van der Waals surface area (Å²) in [6.45, 7) is 4.78. The Morgan fingerprint density at radius 3 is 2.63 bits per heavy atom. The third-order valence-electron chi connectivity index (χ3n) is 6.94. The minimum Gasteiger partial charge on any atom is -0.381 e. The molecule has 2 fully saturated rings. The fraction of sp³-hybridized carbons (Fsp3) is 0.850. The SMILES string of the molecule is CC(=O)N1CC=C(OS(=O)(=O)C(F)(F)F)C[C@H]1C[C@@H]1C[C@@H](C)C[C@@H]2[C@@H]1CCCN2C. The van der Waals surface area contributed by atoms with E-state index in [1.54, 1.807) is 4.90 Å². The highest BCUT2D eigenvalue weighted by Gasteiger charge is 2.49. The van der Waals surface area contributed by atoms with E-state index in [4.69, 9.17) is 0 Å². The summed E-state index contributed by atoms with van der Waals surface area (Å²) in [4.78, 5) is 16.2. The molecule has 1 amide bonds. The Morgan fingerprint density at radius 1 is 1.30 bits per heavy atom. The van der Waals surface area contributed by atoms with Gasteiger partial charge in [0, 0.05) is 32.0 Å². The molecule has 0 aromatic rings. The van der Waals surface area contributed by atoms with Gasteiger partial charge in [0.1, 0.15) is 5.76 Å². The van der Waals surface area contributed by atoms with Crippen LogP contribution < -0.4 is 0 Å². The second kappa shape index (κ2) is 8.68. The van der Waals surface area contributed by atoms with Gasteiger partial charge in [-0.05, 0) is 69.5 Å². The number of fused-ring (bicyclic) bond motifs is 1. The Hall–Kier alpha value is -1.29. The lowest BCUT2D eigenvalue weighted by Crippen LogP contribution is -2.51. The van der Waals surface area contributed by atoms with Crippen molar-refractivity contribution in [1.29, 1.82) is 0 Å². The number of alkyl halides is 3. The van der Waals surface area contributed by atoms with Crippen LogP contribution >= 0.6 is 0 Å². The number of carbonyl (C=O) groups excluding carboxylic acids is 1. The molecular weight excluding hydrogens is 421 g/mol. The Kier molecular flexibility index (Phi) is 6.77. The van der Waals surface area contributed by atoms with Crippen LogP contribution in [-0.2, 0) is 19.1 Å². The maximum atomic E-state index is 12.7. The van der Waals surface area contributed by atoms with Crippen molar-refractivity contribution < 1.29 is 30.6 Å². The standard InChI is InChI=1S/C20H31F3N2O4S/c1-13-9-15(18-5-4-7-24(3)19(18)10-13)11-16-12-17(6-8-25(16)14(2)26)29-30(27,28)20(21,22)23/h6,13,15-16,18-19H,4-5,7-12H2,1-3H3/t13-,15+,16-,18-,19-/m1/s1. The number of hydrogen-bond donors (Lipinski definition) is 0. The Balaban J connectivity index is 1.77. The predicted molar refractivity (Wildman–Crippen MR) is 106 cm³/mol. The van der Waals surface area contributed by atoms with E-state index in [2.05, 4.69) is 23.1 Å². The van der Waals surface area contributed by atoms with Gasteiger partial charge in [0.25, 0.3) is 0 Å². The molecule has 0 aromatic heterocycles. The average Bonchev–Trinajstić information content (AvgIpc) is 2.61. The number of rotatable bonds is 4. The van der Waals surface area contributed by atoms with Crippen molar-refractivity contribution in [2.24, 2.45) is 17.8 Å². The minimum atomic E-state index is -5.71. The molecule has 0 radical (unpaired) electrons. The molecule has 5 atom stereocenters. The molecule has 3 rings (SSSR count). The van der Waals surface area contributed by atoms with Crippen LogP contribution in [0.15, 0.2) is 11.8 Å². The molecule has 10 heteroatoms. The molecular formula is C20H31F3N2O4S. The monoisotopic (exact) mass is 452 g/mol. The van der Waals surface area contributed by atoms with Crippen molar-refractivity contribution in [2.75, 3.05) is 20.1 Å². The van der Waals surface area contributed by atoms with Gasteiger partial charge >= 0.3 is 15.6 Å². The zero-order valence-electron chi connectivity index (χ0n) is 17.7. The first-order chi connectivity index (χ1) is 13.9. The van der Waals surface area contributed by atoms with Crippen molar-refractivity contribution in [2.45, 2.75) is 70.0 Å². The molecule has 0 unspecified atom stereocenters. The first-order valence-electron chi connectivity index (χ1n) is 10.6. The van der Waals surface area contributed by atoms with Crippen molar-refractivity contribution in [3.8, 4) is 0 Å². The van der Waals surface area contributed by atoms with Crippen LogP contribution in [0.5, 0.6) is 0 Å². The molecule has 3 aliphatic rings. The highest BCUT2D eigenvalue weighted by Crippen LogP contribution is 2.44. The van der Waals surface area contributed by atoms with Gasteiger partial charge in [0.15, 0.2) is 0 Å². The quantitative estimate of drug-likeness (QED) is 0.483. The van der Waals surface area contributed by atoms with Crippen molar-refractivity contribution >= 4 is 16.0 Å².